The molecule has 0 bridgehead atoms. The molecule has 0 aliphatic rings. The van der Waals surface area contributed by atoms with Crippen LogP contribution in [0.4, 0.5) is 5.69 Å². The van der Waals surface area contributed by atoms with E-state index in [2.05, 4.69) is 10.4 Å². The van der Waals surface area contributed by atoms with Crippen LogP contribution in [0.25, 0.3) is 27.8 Å². The summed E-state index contributed by atoms with van der Waals surface area (Å²) in [6, 6.07) is 26.8. The SMILES string of the molecule is Cc1nn(-c2ccccc2)c(C)c1NC(=O)c1cc(-c2ccccc2Cl)nc2ccccc12. The van der Waals surface area contributed by atoms with E-state index in [1.165, 1.54) is 0 Å². The fraction of sp³-hybridized carbons (Fsp3) is 0.0741. The van der Waals surface area contributed by atoms with Gasteiger partial charge in [0, 0.05) is 16.0 Å². The van der Waals surface area contributed by atoms with Gasteiger partial charge in [-0.15, -0.1) is 0 Å². The topological polar surface area (TPSA) is 59.8 Å². The van der Waals surface area contributed by atoms with E-state index in [1.807, 2.05) is 97.4 Å². The van der Waals surface area contributed by atoms with Gasteiger partial charge in [0.15, 0.2) is 0 Å². The maximum Gasteiger partial charge on any atom is 0.256 e. The van der Waals surface area contributed by atoms with Gasteiger partial charge in [-0.05, 0) is 44.2 Å². The predicted octanol–water partition coefficient (Wildman–Crippen LogP) is 6.61. The Kier molecular flexibility index (Phi) is 5.40. The van der Waals surface area contributed by atoms with Crippen molar-refractivity contribution in [2.75, 3.05) is 5.32 Å². The number of carbonyl (C=O) groups excluding carboxylic acids is 1. The monoisotopic (exact) mass is 452 g/mol. The Morgan fingerprint density at radius 3 is 2.39 bits per heavy atom. The Hall–Kier alpha value is -3.96. The first-order chi connectivity index (χ1) is 16.0. The van der Waals surface area contributed by atoms with Crippen molar-refractivity contribution in [1.82, 2.24) is 14.8 Å². The molecule has 0 saturated heterocycles. The highest BCUT2D eigenvalue weighted by Crippen LogP contribution is 2.31. The van der Waals surface area contributed by atoms with E-state index < -0.39 is 0 Å². The average Bonchev–Trinajstić information content (AvgIpc) is 3.12. The molecular weight excluding hydrogens is 432 g/mol. The molecule has 6 heteroatoms. The second-order valence-electron chi connectivity index (χ2n) is 7.80. The number of hydrogen-bond donors (Lipinski definition) is 1. The molecule has 0 aliphatic carbocycles. The van der Waals surface area contributed by atoms with Crippen molar-refractivity contribution in [3.05, 3.63) is 107 Å². The highest BCUT2D eigenvalue weighted by atomic mass is 35.5. The van der Waals surface area contributed by atoms with Crippen LogP contribution >= 0.6 is 11.6 Å². The number of benzene rings is 3. The molecule has 0 aliphatic heterocycles. The zero-order chi connectivity index (χ0) is 22.9. The van der Waals surface area contributed by atoms with Crippen LogP contribution in [-0.2, 0) is 0 Å². The third kappa shape index (κ3) is 3.88. The highest BCUT2D eigenvalue weighted by molar-refractivity contribution is 6.33. The van der Waals surface area contributed by atoms with E-state index >= 15 is 0 Å². The molecule has 0 fully saturated rings. The molecule has 0 atom stereocenters. The number of carbonyl (C=O) groups is 1. The van der Waals surface area contributed by atoms with Gasteiger partial charge < -0.3 is 5.32 Å². The third-order valence-electron chi connectivity index (χ3n) is 5.64. The minimum absolute atomic E-state index is 0.222. The summed E-state index contributed by atoms with van der Waals surface area (Å²) in [5, 5.41) is 9.09. The van der Waals surface area contributed by atoms with Gasteiger partial charge in [-0.2, -0.15) is 5.10 Å². The molecule has 0 unspecified atom stereocenters. The molecule has 5 aromatic rings. The van der Waals surface area contributed by atoms with Gasteiger partial charge in [-0.3, -0.25) is 4.79 Å². The molecule has 162 valence electrons. The van der Waals surface area contributed by atoms with Gasteiger partial charge in [-0.1, -0.05) is 66.2 Å². The summed E-state index contributed by atoms with van der Waals surface area (Å²) < 4.78 is 1.84. The number of nitrogens with one attached hydrogen (secondary N) is 1. The van der Waals surface area contributed by atoms with Crippen LogP contribution in [0.5, 0.6) is 0 Å². The van der Waals surface area contributed by atoms with Crippen LogP contribution < -0.4 is 5.32 Å². The summed E-state index contributed by atoms with van der Waals surface area (Å²) in [4.78, 5) is 18.3. The number of nitrogens with zero attached hydrogens (tertiary/aromatic N) is 3. The Morgan fingerprint density at radius 2 is 1.61 bits per heavy atom. The molecule has 33 heavy (non-hydrogen) atoms. The molecule has 5 nitrogen and oxygen atoms in total. The number of anilines is 1. The minimum atomic E-state index is -0.222. The van der Waals surface area contributed by atoms with Crippen molar-refractivity contribution in [2.45, 2.75) is 13.8 Å². The average molecular weight is 453 g/mol. The number of hydrogen-bond acceptors (Lipinski definition) is 3. The van der Waals surface area contributed by atoms with E-state index in [9.17, 15) is 4.79 Å². The summed E-state index contributed by atoms with van der Waals surface area (Å²) in [5.41, 5.74) is 5.93. The Labute approximate surface area is 196 Å². The molecule has 3 aromatic carbocycles. The zero-order valence-electron chi connectivity index (χ0n) is 18.2. The van der Waals surface area contributed by atoms with Crippen molar-refractivity contribution in [2.24, 2.45) is 0 Å². The lowest BCUT2D eigenvalue weighted by atomic mass is 10.0. The normalized spacial score (nSPS) is 11.0. The lowest BCUT2D eigenvalue weighted by molar-refractivity contribution is 0.102. The number of aryl methyl sites for hydroxylation is 1. The fourth-order valence-electron chi connectivity index (χ4n) is 4.00. The lowest BCUT2D eigenvalue weighted by Gasteiger charge is -2.12. The molecule has 0 radical (unpaired) electrons. The second kappa shape index (κ2) is 8.52. The van der Waals surface area contributed by atoms with Crippen LogP contribution in [0, 0.1) is 13.8 Å². The smallest absolute Gasteiger partial charge is 0.256 e. The van der Waals surface area contributed by atoms with Crippen molar-refractivity contribution < 1.29 is 4.79 Å². The number of fused-ring (bicyclic) bond motifs is 1. The standard InChI is InChI=1S/C27H21ClN4O/c1-17-26(18(2)32(31-17)19-10-4-3-5-11-19)30-27(33)22-16-25(21-13-6-8-14-23(21)28)29-24-15-9-7-12-20(22)24/h3-16H,1-2H3,(H,30,33). The number of amides is 1. The van der Waals surface area contributed by atoms with Crippen LogP contribution in [0.15, 0.2) is 84.9 Å². The molecule has 1 amide bonds. The first-order valence-corrected chi connectivity index (χ1v) is 11.0. The first kappa shape index (κ1) is 20.9. The first-order valence-electron chi connectivity index (χ1n) is 10.6. The van der Waals surface area contributed by atoms with Gasteiger partial charge in [-0.25, -0.2) is 9.67 Å². The van der Waals surface area contributed by atoms with Gasteiger partial charge in [0.1, 0.15) is 0 Å². The number of pyridine rings is 1. The Bertz CT molecular complexity index is 1490. The Morgan fingerprint density at radius 1 is 0.909 bits per heavy atom. The lowest BCUT2D eigenvalue weighted by Crippen LogP contribution is -2.14. The van der Waals surface area contributed by atoms with Gasteiger partial charge in [0.05, 0.1) is 39.5 Å². The predicted molar refractivity (Wildman–Crippen MR) is 133 cm³/mol. The van der Waals surface area contributed by atoms with Crippen LogP contribution in [0.3, 0.4) is 0 Å². The van der Waals surface area contributed by atoms with Crippen LogP contribution in [-0.4, -0.2) is 20.7 Å². The minimum Gasteiger partial charge on any atom is -0.319 e. The number of rotatable bonds is 4. The third-order valence-corrected chi connectivity index (χ3v) is 5.97. The number of para-hydroxylation sites is 2. The Balaban J connectivity index is 1.59. The zero-order valence-corrected chi connectivity index (χ0v) is 19.0. The number of aromatic nitrogens is 3. The van der Waals surface area contributed by atoms with Gasteiger partial charge in [0.2, 0.25) is 0 Å². The summed E-state index contributed by atoms with van der Waals surface area (Å²) in [5.74, 6) is -0.222. The van der Waals surface area contributed by atoms with Crippen molar-refractivity contribution in [1.29, 1.82) is 0 Å². The van der Waals surface area contributed by atoms with Crippen molar-refractivity contribution in [3.8, 4) is 16.9 Å². The maximum absolute atomic E-state index is 13.5. The van der Waals surface area contributed by atoms with E-state index in [-0.39, 0.29) is 5.91 Å². The van der Waals surface area contributed by atoms with Crippen LogP contribution in [0.2, 0.25) is 5.02 Å². The largest absolute Gasteiger partial charge is 0.319 e. The summed E-state index contributed by atoms with van der Waals surface area (Å²) in [6.07, 6.45) is 0. The second-order valence-corrected chi connectivity index (χ2v) is 8.21. The van der Waals surface area contributed by atoms with Crippen molar-refractivity contribution >= 4 is 34.1 Å². The number of halogens is 1. The molecule has 2 aromatic heterocycles. The highest BCUT2D eigenvalue weighted by Gasteiger charge is 2.19. The van der Waals surface area contributed by atoms with E-state index in [4.69, 9.17) is 16.6 Å². The fourth-order valence-corrected chi connectivity index (χ4v) is 4.23. The van der Waals surface area contributed by atoms with Gasteiger partial charge >= 0.3 is 0 Å². The summed E-state index contributed by atoms with van der Waals surface area (Å²) in [7, 11) is 0. The molecule has 2 heterocycles. The molecule has 0 saturated carbocycles. The van der Waals surface area contributed by atoms with E-state index in [0.717, 1.165) is 33.5 Å². The summed E-state index contributed by atoms with van der Waals surface area (Å²) >= 11 is 6.42. The molecule has 5 rings (SSSR count). The van der Waals surface area contributed by atoms with Crippen LogP contribution in [0.1, 0.15) is 21.7 Å². The molecule has 0 spiro atoms. The maximum atomic E-state index is 13.5. The van der Waals surface area contributed by atoms with Crippen molar-refractivity contribution in [3.63, 3.8) is 0 Å². The van der Waals surface area contributed by atoms with Gasteiger partial charge in [0.25, 0.3) is 5.91 Å². The van der Waals surface area contributed by atoms with E-state index in [1.54, 1.807) is 6.07 Å². The molecular formula is C27H21ClN4O. The van der Waals surface area contributed by atoms with E-state index in [0.29, 0.717) is 22.0 Å². The quantitative estimate of drug-likeness (QED) is 0.333. The summed E-state index contributed by atoms with van der Waals surface area (Å²) in [6.45, 7) is 3.84. The molecule has 1 N–H and O–H groups in total.